The van der Waals surface area contributed by atoms with Gasteiger partial charge in [0.1, 0.15) is 11.4 Å². The molecular formula is C13H11N5O2. The Hall–Kier alpha value is -2.83. The minimum atomic E-state index is -0.230. The number of hydrogen-bond donors (Lipinski definition) is 1. The number of benzene rings is 1. The molecule has 2 heterocycles. The van der Waals surface area contributed by atoms with Crippen molar-refractivity contribution in [3.63, 3.8) is 0 Å². The van der Waals surface area contributed by atoms with Crippen molar-refractivity contribution in [3.8, 4) is 11.3 Å². The summed E-state index contributed by atoms with van der Waals surface area (Å²) in [6.45, 7) is 1.40. The minimum absolute atomic E-state index is 0.0302. The van der Waals surface area contributed by atoms with Crippen molar-refractivity contribution in [1.82, 2.24) is 15.4 Å². The van der Waals surface area contributed by atoms with E-state index in [1.54, 1.807) is 18.3 Å². The molecule has 0 atom stereocenters. The van der Waals surface area contributed by atoms with Gasteiger partial charge in [0.2, 0.25) is 0 Å². The molecule has 7 nitrogen and oxygen atoms in total. The van der Waals surface area contributed by atoms with Crippen molar-refractivity contribution < 1.29 is 9.59 Å². The highest BCUT2D eigenvalue weighted by atomic mass is 16.2. The second-order valence-corrected chi connectivity index (χ2v) is 4.36. The topological polar surface area (TPSA) is 91.3 Å². The Labute approximate surface area is 114 Å². The number of ketones is 1. The molecule has 0 saturated carbocycles. The summed E-state index contributed by atoms with van der Waals surface area (Å²) in [7, 11) is 0. The average Bonchev–Trinajstić information content (AvgIpc) is 3.08. The van der Waals surface area contributed by atoms with Crippen LogP contribution >= 0.6 is 0 Å². The number of Topliss-reactive ketones (excluding diaryl/α,β-unsaturated/α-hetero) is 1. The lowest BCUT2D eigenvalue weighted by molar-refractivity contribution is -0.117. The van der Waals surface area contributed by atoms with Crippen LogP contribution in [0.3, 0.4) is 0 Å². The Morgan fingerprint density at radius 1 is 1.35 bits per heavy atom. The van der Waals surface area contributed by atoms with Crippen LogP contribution < -0.4 is 5.01 Å². The van der Waals surface area contributed by atoms with Gasteiger partial charge < -0.3 is 0 Å². The van der Waals surface area contributed by atoms with Crippen LogP contribution in [0.25, 0.3) is 11.3 Å². The zero-order valence-corrected chi connectivity index (χ0v) is 10.7. The third-order valence-electron chi connectivity index (χ3n) is 3.01. The maximum absolute atomic E-state index is 12.0. The fourth-order valence-electron chi connectivity index (χ4n) is 2.02. The van der Waals surface area contributed by atoms with Gasteiger partial charge in [0.25, 0.3) is 5.91 Å². The first-order valence-corrected chi connectivity index (χ1v) is 6.04. The highest BCUT2D eigenvalue weighted by Crippen LogP contribution is 2.31. The molecule has 0 radical (unpaired) electrons. The fourth-order valence-corrected chi connectivity index (χ4v) is 2.02. The van der Waals surface area contributed by atoms with Gasteiger partial charge >= 0.3 is 0 Å². The van der Waals surface area contributed by atoms with Crippen molar-refractivity contribution in [1.29, 1.82) is 0 Å². The Bertz CT molecular complexity index is 705. The van der Waals surface area contributed by atoms with Crippen molar-refractivity contribution >= 4 is 23.1 Å². The first kappa shape index (κ1) is 12.2. The van der Waals surface area contributed by atoms with Crippen molar-refractivity contribution in [3.05, 3.63) is 30.5 Å². The first-order valence-electron chi connectivity index (χ1n) is 6.04. The molecule has 0 aliphatic carbocycles. The zero-order chi connectivity index (χ0) is 14.1. The predicted octanol–water partition coefficient (Wildman–Crippen LogP) is 1.15. The summed E-state index contributed by atoms with van der Waals surface area (Å²) in [6, 6.07) is 7.22. The number of hydrazone groups is 1. The van der Waals surface area contributed by atoms with Crippen molar-refractivity contribution in [2.75, 3.05) is 5.01 Å². The summed E-state index contributed by atoms with van der Waals surface area (Å²) < 4.78 is 0. The van der Waals surface area contributed by atoms with Gasteiger partial charge in [-0.25, -0.2) is 0 Å². The maximum atomic E-state index is 12.0. The van der Waals surface area contributed by atoms with Gasteiger partial charge in [0.15, 0.2) is 5.78 Å². The fraction of sp³-hybridized carbons (Fsp3) is 0.154. The molecule has 1 aromatic heterocycles. The summed E-state index contributed by atoms with van der Waals surface area (Å²) in [6.07, 6.45) is 1.66. The summed E-state index contributed by atoms with van der Waals surface area (Å²) in [5.41, 5.74) is 2.19. The molecule has 1 aliphatic heterocycles. The lowest BCUT2D eigenvalue weighted by Crippen LogP contribution is -2.20. The van der Waals surface area contributed by atoms with Gasteiger partial charge in [-0.05, 0) is 6.07 Å². The van der Waals surface area contributed by atoms with Gasteiger partial charge in [-0.2, -0.15) is 10.1 Å². The number of amides is 1. The van der Waals surface area contributed by atoms with E-state index in [2.05, 4.69) is 20.5 Å². The van der Waals surface area contributed by atoms with Crippen LogP contribution in [0.1, 0.15) is 13.3 Å². The molecule has 0 fully saturated rings. The quantitative estimate of drug-likeness (QED) is 0.904. The lowest BCUT2D eigenvalue weighted by Gasteiger charge is -2.14. The number of aromatic nitrogens is 3. The summed E-state index contributed by atoms with van der Waals surface area (Å²) >= 11 is 0. The third-order valence-corrected chi connectivity index (χ3v) is 3.01. The van der Waals surface area contributed by atoms with E-state index in [1.807, 2.05) is 12.1 Å². The number of anilines is 1. The number of carbonyl (C=O) groups is 2. The summed E-state index contributed by atoms with van der Waals surface area (Å²) in [4.78, 5) is 23.4. The van der Waals surface area contributed by atoms with Gasteiger partial charge in [0.05, 0.1) is 18.3 Å². The second kappa shape index (κ2) is 4.69. The van der Waals surface area contributed by atoms with E-state index in [4.69, 9.17) is 0 Å². The molecule has 1 aromatic carbocycles. The Morgan fingerprint density at radius 3 is 2.80 bits per heavy atom. The predicted molar refractivity (Wildman–Crippen MR) is 72.0 cm³/mol. The summed E-state index contributed by atoms with van der Waals surface area (Å²) in [5, 5.41) is 15.6. The number of aromatic amines is 1. The van der Waals surface area contributed by atoms with E-state index in [1.165, 1.54) is 11.9 Å². The number of carbonyl (C=O) groups excluding carboxylic acids is 2. The number of hydrogen-bond acceptors (Lipinski definition) is 5. The highest BCUT2D eigenvalue weighted by molar-refractivity contribution is 6.44. The highest BCUT2D eigenvalue weighted by Gasteiger charge is 2.29. The molecule has 1 N–H and O–H groups in total. The molecule has 7 heteroatoms. The van der Waals surface area contributed by atoms with Crippen LogP contribution in [0.5, 0.6) is 0 Å². The van der Waals surface area contributed by atoms with Gasteiger partial charge in [-0.1, -0.05) is 23.4 Å². The number of nitrogens with zero attached hydrogens (tertiary/aromatic N) is 4. The maximum Gasteiger partial charge on any atom is 0.253 e. The van der Waals surface area contributed by atoms with Crippen molar-refractivity contribution in [2.24, 2.45) is 5.10 Å². The van der Waals surface area contributed by atoms with Crippen LogP contribution in [0.4, 0.5) is 5.69 Å². The van der Waals surface area contributed by atoms with Gasteiger partial charge in [0, 0.05) is 12.5 Å². The van der Waals surface area contributed by atoms with Gasteiger partial charge in [-0.3, -0.25) is 14.7 Å². The smallest absolute Gasteiger partial charge is 0.253 e. The normalized spacial score (nSPS) is 14.6. The molecule has 20 heavy (non-hydrogen) atoms. The van der Waals surface area contributed by atoms with E-state index in [0.29, 0.717) is 11.4 Å². The molecule has 1 aliphatic rings. The molecule has 0 bridgehead atoms. The standard InChI is InChI=1S/C13H11N5O2/c1-8(19)10-6-13(20)18(16-10)12-5-3-2-4-9(12)11-7-14-17-15-11/h2-5,7H,6H2,1H3,(H,14,15,17). The van der Waals surface area contributed by atoms with E-state index in [0.717, 1.165) is 5.56 Å². The Balaban J connectivity index is 2.08. The Kier molecular flexibility index (Phi) is 2.86. The Morgan fingerprint density at radius 2 is 2.15 bits per heavy atom. The molecule has 0 saturated heterocycles. The van der Waals surface area contributed by atoms with Crippen LogP contribution in [-0.2, 0) is 9.59 Å². The minimum Gasteiger partial charge on any atom is -0.293 e. The average molecular weight is 269 g/mol. The largest absolute Gasteiger partial charge is 0.293 e. The van der Waals surface area contributed by atoms with E-state index in [-0.39, 0.29) is 23.8 Å². The first-order chi connectivity index (χ1) is 9.66. The second-order valence-electron chi connectivity index (χ2n) is 4.36. The van der Waals surface area contributed by atoms with Crippen LogP contribution in [0.15, 0.2) is 35.6 Å². The molecule has 0 unspecified atom stereocenters. The number of para-hydroxylation sites is 1. The molecule has 3 rings (SSSR count). The van der Waals surface area contributed by atoms with E-state index >= 15 is 0 Å². The van der Waals surface area contributed by atoms with E-state index < -0.39 is 0 Å². The number of H-pyrrole nitrogens is 1. The molecular weight excluding hydrogens is 258 g/mol. The van der Waals surface area contributed by atoms with Crippen LogP contribution in [-0.4, -0.2) is 32.8 Å². The summed E-state index contributed by atoms with van der Waals surface area (Å²) in [5.74, 6) is -0.425. The third kappa shape index (κ3) is 1.99. The number of rotatable bonds is 3. The van der Waals surface area contributed by atoms with Crippen LogP contribution in [0.2, 0.25) is 0 Å². The van der Waals surface area contributed by atoms with Crippen molar-refractivity contribution in [2.45, 2.75) is 13.3 Å². The molecule has 0 spiro atoms. The lowest BCUT2D eigenvalue weighted by atomic mass is 10.1. The molecule has 100 valence electrons. The van der Waals surface area contributed by atoms with Gasteiger partial charge in [-0.15, -0.1) is 5.10 Å². The van der Waals surface area contributed by atoms with Crippen LogP contribution in [0, 0.1) is 0 Å². The molecule has 2 aromatic rings. The molecule has 1 amide bonds. The van der Waals surface area contributed by atoms with E-state index in [9.17, 15) is 9.59 Å². The number of nitrogens with one attached hydrogen (secondary N) is 1. The zero-order valence-electron chi connectivity index (χ0n) is 10.7. The SMILES string of the molecule is CC(=O)C1=NN(c2ccccc2-c2c[nH]nn2)C(=O)C1. The monoisotopic (exact) mass is 269 g/mol.